The number of fused-ring (bicyclic) bond motifs is 1. The maximum atomic E-state index is 12.0. The summed E-state index contributed by atoms with van der Waals surface area (Å²) >= 11 is 0. The summed E-state index contributed by atoms with van der Waals surface area (Å²) in [6, 6.07) is 5.22. The molecule has 0 radical (unpaired) electrons. The molecule has 0 aliphatic heterocycles. The molecule has 0 amide bonds. The zero-order chi connectivity index (χ0) is 13.4. The minimum atomic E-state index is -0.156. The second kappa shape index (κ2) is 4.31. The van der Waals surface area contributed by atoms with Gasteiger partial charge in [0, 0.05) is 24.0 Å². The Hall–Kier alpha value is -2.50. The third kappa shape index (κ3) is 2.01. The quantitative estimate of drug-likeness (QED) is 0.754. The number of pyridine rings is 1. The van der Waals surface area contributed by atoms with Crippen LogP contribution in [0.25, 0.3) is 17.2 Å². The number of rotatable bonds is 2. The molecule has 3 aromatic rings. The van der Waals surface area contributed by atoms with E-state index in [1.165, 1.54) is 10.6 Å². The second-order valence-corrected chi connectivity index (χ2v) is 4.62. The molecular formula is C13H13N5O. The highest BCUT2D eigenvalue weighted by atomic mass is 16.1. The van der Waals surface area contributed by atoms with Gasteiger partial charge in [-0.15, -0.1) is 0 Å². The summed E-state index contributed by atoms with van der Waals surface area (Å²) in [6.45, 7) is 3.99. The standard InChI is InChI=1S/C13H13N5O/c1-8(2)10-6-11(19)18-13(15-10)16-12(17-18)9-4-3-5-14-7-9/h3-8H,1-2H3,(H,15,16,17). The predicted octanol–water partition coefficient (Wildman–Crippen LogP) is 1.60. The van der Waals surface area contributed by atoms with Crippen LogP contribution in [0.2, 0.25) is 0 Å². The number of hydrogen-bond acceptors (Lipinski definition) is 4. The molecule has 6 nitrogen and oxygen atoms in total. The number of hydrogen-bond donors (Lipinski definition) is 1. The molecule has 19 heavy (non-hydrogen) atoms. The van der Waals surface area contributed by atoms with Crippen molar-refractivity contribution in [2.45, 2.75) is 19.8 Å². The van der Waals surface area contributed by atoms with Crippen LogP contribution >= 0.6 is 0 Å². The first kappa shape index (κ1) is 11.6. The van der Waals surface area contributed by atoms with Gasteiger partial charge in [-0.25, -0.2) is 4.98 Å². The van der Waals surface area contributed by atoms with E-state index < -0.39 is 0 Å². The Morgan fingerprint density at radius 2 is 2.16 bits per heavy atom. The van der Waals surface area contributed by atoms with E-state index in [1.807, 2.05) is 26.0 Å². The normalized spacial score (nSPS) is 11.3. The number of aromatic nitrogens is 5. The lowest BCUT2D eigenvalue weighted by atomic mass is 10.1. The Morgan fingerprint density at radius 1 is 1.32 bits per heavy atom. The highest BCUT2D eigenvalue weighted by molar-refractivity contribution is 5.55. The number of nitrogens with one attached hydrogen (secondary N) is 1. The van der Waals surface area contributed by atoms with E-state index in [0.717, 1.165) is 11.3 Å². The molecule has 3 aromatic heterocycles. The van der Waals surface area contributed by atoms with Crippen molar-refractivity contribution < 1.29 is 0 Å². The molecule has 0 aliphatic rings. The van der Waals surface area contributed by atoms with Crippen molar-refractivity contribution in [3.63, 3.8) is 0 Å². The fourth-order valence-electron chi connectivity index (χ4n) is 1.83. The summed E-state index contributed by atoms with van der Waals surface area (Å²) in [5, 5.41) is 2.94. The molecule has 0 spiro atoms. The van der Waals surface area contributed by atoms with Crippen molar-refractivity contribution in [2.75, 3.05) is 0 Å². The van der Waals surface area contributed by atoms with Crippen LogP contribution in [-0.4, -0.2) is 24.6 Å². The van der Waals surface area contributed by atoms with Crippen molar-refractivity contribution in [1.82, 2.24) is 24.6 Å². The van der Waals surface area contributed by atoms with Crippen LogP contribution in [0.3, 0.4) is 0 Å². The van der Waals surface area contributed by atoms with Crippen LogP contribution in [-0.2, 0) is 0 Å². The zero-order valence-electron chi connectivity index (χ0n) is 10.7. The lowest BCUT2D eigenvalue weighted by Crippen LogP contribution is -2.16. The van der Waals surface area contributed by atoms with Gasteiger partial charge in [0.15, 0.2) is 5.82 Å². The lowest BCUT2D eigenvalue weighted by molar-refractivity contribution is 0.795. The molecule has 0 aromatic carbocycles. The maximum Gasteiger partial charge on any atom is 0.274 e. The average molecular weight is 255 g/mol. The topological polar surface area (TPSA) is 75.9 Å². The van der Waals surface area contributed by atoms with E-state index in [2.05, 4.69) is 20.1 Å². The van der Waals surface area contributed by atoms with Gasteiger partial charge < -0.3 is 0 Å². The van der Waals surface area contributed by atoms with Crippen LogP contribution in [0.4, 0.5) is 0 Å². The van der Waals surface area contributed by atoms with Gasteiger partial charge in [0.2, 0.25) is 0 Å². The molecule has 3 rings (SSSR count). The third-order valence-electron chi connectivity index (χ3n) is 2.88. The molecule has 0 unspecified atom stereocenters. The Kier molecular flexibility index (Phi) is 2.63. The van der Waals surface area contributed by atoms with Crippen LogP contribution < -0.4 is 5.56 Å². The Balaban J connectivity index is 2.21. The van der Waals surface area contributed by atoms with Crippen molar-refractivity contribution in [3.05, 3.63) is 46.6 Å². The molecule has 0 fully saturated rings. The SMILES string of the molecule is CC(C)c1cc(=O)n2[nH]c(-c3cccnc3)nc2n1. The van der Waals surface area contributed by atoms with Crippen molar-refractivity contribution in [1.29, 1.82) is 0 Å². The molecule has 0 bridgehead atoms. The Bertz CT molecular complexity index is 773. The smallest absolute Gasteiger partial charge is 0.271 e. The van der Waals surface area contributed by atoms with Crippen molar-refractivity contribution in [3.8, 4) is 11.4 Å². The monoisotopic (exact) mass is 255 g/mol. The molecule has 0 aliphatic carbocycles. The van der Waals surface area contributed by atoms with E-state index in [0.29, 0.717) is 11.6 Å². The largest absolute Gasteiger partial charge is 0.274 e. The van der Waals surface area contributed by atoms with Crippen molar-refractivity contribution in [2.24, 2.45) is 0 Å². The summed E-state index contributed by atoms with van der Waals surface area (Å²) < 4.78 is 1.34. The number of aromatic amines is 1. The van der Waals surface area contributed by atoms with Crippen LogP contribution in [0.5, 0.6) is 0 Å². The van der Waals surface area contributed by atoms with Crippen LogP contribution in [0.15, 0.2) is 35.4 Å². The first-order chi connectivity index (χ1) is 9.15. The molecular weight excluding hydrogens is 242 g/mol. The van der Waals surface area contributed by atoms with Gasteiger partial charge in [-0.05, 0) is 18.1 Å². The van der Waals surface area contributed by atoms with E-state index in [-0.39, 0.29) is 11.5 Å². The summed E-state index contributed by atoms with van der Waals surface area (Å²) in [6.07, 6.45) is 3.37. The minimum Gasteiger partial charge on any atom is -0.271 e. The van der Waals surface area contributed by atoms with Crippen molar-refractivity contribution >= 4 is 5.78 Å². The van der Waals surface area contributed by atoms with E-state index in [4.69, 9.17) is 0 Å². The Morgan fingerprint density at radius 3 is 2.84 bits per heavy atom. The second-order valence-electron chi connectivity index (χ2n) is 4.62. The fraction of sp³-hybridized carbons (Fsp3) is 0.231. The highest BCUT2D eigenvalue weighted by Crippen LogP contribution is 2.14. The van der Waals surface area contributed by atoms with Gasteiger partial charge >= 0.3 is 0 Å². The summed E-state index contributed by atoms with van der Waals surface area (Å²) in [5.74, 6) is 1.16. The van der Waals surface area contributed by atoms with Gasteiger partial charge in [0.25, 0.3) is 11.3 Å². The van der Waals surface area contributed by atoms with Crippen LogP contribution in [0.1, 0.15) is 25.5 Å². The zero-order valence-corrected chi connectivity index (χ0v) is 10.7. The Labute approximate surface area is 109 Å². The van der Waals surface area contributed by atoms with Gasteiger partial charge in [0.1, 0.15) is 0 Å². The van der Waals surface area contributed by atoms with Gasteiger partial charge in [0.05, 0.1) is 5.69 Å². The molecule has 1 N–H and O–H groups in total. The molecule has 0 saturated heterocycles. The number of H-pyrrole nitrogens is 1. The molecule has 3 heterocycles. The summed E-state index contributed by atoms with van der Waals surface area (Å²) in [7, 11) is 0. The predicted molar refractivity (Wildman–Crippen MR) is 70.9 cm³/mol. The first-order valence-corrected chi connectivity index (χ1v) is 6.05. The van der Waals surface area contributed by atoms with Gasteiger partial charge in [-0.3, -0.25) is 14.9 Å². The summed E-state index contributed by atoms with van der Waals surface area (Å²) in [4.78, 5) is 24.7. The number of nitrogens with zero attached hydrogens (tertiary/aromatic N) is 4. The summed E-state index contributed by atoms with van der Waals surface area (Å²) in [5.41, 5.74) is 1.41. The van der Waals surface area contributed by atoms with E-state index in [9.17, 15) is 4.79 Å². The average Bonchev–Trinajstić information content (AvgIpc) is 2.84. The third-order valence-corrected chi connectivity index (χ3v) is 2.88. The first-order valence-electron chi connectivity index (χ1n) is 6.05. The van der Waals surface area contributed by atoms with E-state index >= 15 is 0 Å². The fourth-order valence-corrected chi connectivity index (χ4v) is 1.83. The lowest BCUT2D eigenvalue weighted by Gasteiger charge is -2.01. The highest BCUT2D eigenvalue weighted by Gasteiger charge is 2.10. The van der Waals surface area contributed by atoms with E-state index in [1.54, 1.807) is 12.4 Å². The molecule has 6 heteroatoms. The molecule has 0 atom stereocenters. The minimum absolute atomic E-state index is 0.156. The maximum absolute atomic E-state index is 12.0. The van der Waals surface area contributed by atoms with Gasteiger partial charge in [-0.1, -0.05) is 13.8 Å². The van der Waals surface area contributed by atoms with Crippen LogP contribution in [0, 0.1) is 0 Å². The molecule has 0 saturated carbocycles. The molecule has 96 valence electrons. The van der Waals surface area contributed by atoms with Gasteiger partial charge in [-0.2, -0.15) is 9.50 Å².